The zero-order valence-electron chi connectivity index (χ0n) is 33.4. The second kappa shape index (κ2) is 15.3. The molecule has 0 radical (unpaired) electrons. The van der Waals surface area contributed by atoms with E-state index in [0.29, 0.717) is 0 Å². The zero-order valence-corrected chi connectivity index (χ0v) is 35.1. The molecule has 6 aromatic rings. The molecule has 0 aliphatic rings. The maximum Gasteiger partial charge on any atom is 0.247 e. The first-order valence-corrected chi connectivity index (χ1v) is 22.3. The van der Waals surface area contributed by atoms with Crippen LogP contribution in [0, 0.1) is 0 Å². The highest BCUT2D eigenvalue weighted by atomic mass is 35.6. The summed E-state index contributed by atoms with van der Waals surface area (Å²) in [5.41, 5.74) is 12.0. The second-order valence-corrected chi connectivity index (χ2v) is 22.8. The molecule has 0 saturated heterocycles. The van der Waals surface area contributed by atoms with Gasteiger partial charge in [0.2, 0.25) is 7.38 Å². The SMILES string of the molecule is CC(C)(C)c1cc([Si](Cl)(c2ccc(Cc3ccccc3)c(C(C)(C)C)c2)c2ccc(Cc3ccccc3)c(C(C)(C)C)c2)ccc1Cc1ccccc1. The smallest absolute Gasteiger partial charge is 0.149 e. The third kappa shape index (κ3) is 8.80. The fraction of sp³-hybridized carbons (Fsp3) is 0.294. The topological polar surface area (TPSA) is 0 Å². The number of benzene rings is 6. The lowest BCUT2D eigenvalue weighted by Gasteiger charge is -2.33. The molecular formula is C51H57ClSi. The van der Waals surface area contributed by atoms with Gasteiger partial charge in [-0.15, -0.1) is 11.1 Å². The third-order valence-electron chi connectivity index (χ3n) is 10.7. The van der Waals surface area contributed by atoms with Gasteiger partial charge in [0.05, 0.1) is 0 Å². The van der Waals surface area contributed by atoms with E-state index < -0.39 is 7.38 Å². The van der Waals surface area contributed by atoms with Gasteiger partial charge in [0.1, 0.15) is 0 Å². The van der Waals surface area contributed by atoms with Gasteiger partial charge in [-0.2, -0.15) is 0 Å². The van der Waals surface area contributed by atoms with Gasteiger partial charge in [0.15, 0.2) is 0 Å². The van der Waals surface area contributed by atoms with E-state index in [1.807, 2.05) is 0 Å². The number of hydrogen-bond acceptors (Lipinski definition) is 0. The van der Waals surface area contributed by atoms with E-state index in [1.165, 1.54) is 65.6 Å². The van der Waals surface area contributed by atoms with Gasteiger partial charge in [-0.05, 0) is 101 Å². The van der Waals surface area contributed by atoms with E-state index in [-0.39, 0.29) is 16.2 Å². The zero-order chi connectivity index (χ0) is 38.0. The van der Waals surface area contributed by atoms with E-state index in [1.54, 1.807) is 0 Å². The highest BCUT2D eigenvalue weighted by molar-refractivity contribution is 7.40. The van der Waals surface area contributed by atoms with Crippen LogP contribution in [0.4, 0.5) is 0 Å². The molecule has 0 spiro atoms. The Labute approximate surface area is 326 Å². The molecule has 6 rings (SSSR count). The van der Waals surface area contributed by atoms with Crippen LogP contribution in [0.25, 0.3) is 0 Å². The van der Waals surface area contributed by atoms with E-state index in [0.717, 1.165) is 19.3 Å². The normalized spacial score (nSPS) is 12.6. The number of halogens is 1. The summed E-state index contributed by atoms with van der Waals surface area (Å²) in [7, 11) is -3.08. The lowest BCUT2D eigenvalue weighted by molar-refractivity contribution is 0.584. The summed E-state index contributed by atoms with van der Waals surface area (Å²) in [6.07, 6.45) is 2.69. The molecule has 0 saturated carbocycles. The molecule has 0 aromatic heterocycles. The Kier molecular flexibility index (Phi) is 11.1. The van der Waals surface area contributed by atoms with Crippen molar-refractivity contribution in [1.82, 2.24) is 0 Å². The first-order chi connectivity index (χ1) is 25.0. The lowest BCUT2D eigenvalue weighted by atomic mass is 9.82. The van der Waals surface area contributed by atoms with E-state index in [2.05, 4.69) is 208 Å². The van der Waals surface area contributed by atoms with Crippen molar-refractivity contribution in [2.45, 2.75) is 97.8 Å². The summed E-state index contributed by atoms with van der Waals surface area (Å²) in [6.45, 7) is 21.0. The van der Waals surface area contributed by atoms with Crippen molar-refractivity contribution >= 4 is 34.0 Å². The molecule has 0 amide bonds. The molecule has 0 bridgehead atoms. The Morgan fingerprint density at radius 1 is 0.358 bits per heavy atom. The van der Waals surface area contributed by atoms with E-state index in [9.17, 15) is 0 Å². The van der Waals surface area contributed by atoms with Crippen molar-refractivity contribution in [3.63, 3.8) is 0 Å². The van der Waals surface area contributed by atoms with Gasteiger partial charge < -0.3 is 0 Å². The molecule has 0 heterocycles. The molecule has 0 atom stereocenters. The summed E-state index contributed by atoms with van der Waals surface area (Å²) in [6, 6.07) is 54.1. The molecule has 0 nitrogen and oxygen atoms in total. The largest absolute Gasteiger partial charge is 0.247 e. The summed E-state index contributed by atoms with van der Waals surface area (Å²) in [5, 5.41) is 3.73. The van der Waals surface area contributed by atoms with Crippen LogP contribution in [0.2, 0.25) is 0 Å². The number of rotatable bonds is 9. The van der Waals surface area contributed by atoms with Crippen LogP contribution >= 0.6 is 11.1 Å². The molecule has 272 valence electrons. The number of hydrogen-bond donors (Lipinski definition) is 0. The van der Waals surface area contributed by atoms with E-state index in [4.69, 9.17) is 11.1 Å². The van der Waals surface area contributed by atoms with E-state index >= 15 is 0 Å². The molecule has 53 heavy (non-hydrogen) atoms. The van der Waals surface area contributed by atoms with Crippen molar-refractivity contribution in [3.05, 3.63) is 196 Å². The average Bonchev–Trinajstić information content (AvgIpc) is 3.12. The summed E-state index contributed by atoms with van der Waals surface area (Å²) in [5.74, 6) is 0. The predicted molar refractivity (Wildman–Crippen MR) is 234 cm³/mol. The summed E-state index contributed by atoms with van der Waals surface area (Å²) in [4.78, 5) is 0. The van der Waals surface area contributed by atoms with Crippen LogP contribution in [0.1, 0.15) is 112 Å². The first kappa shape index (κ1) is 38.5. The minimum Gasteiger partial charge on any atom is -0.149 e. The Morgan fingerprint density at radius 3 is 0.830 bits per heavy atom. The monoisotopic (exact) mass is 732 g/mol. The fourth-order valence-corrected chi connectivity index (χ4v) is 11.9. The Balaban J connectivity index is 1.58. The Morgan fingerprint density at radius 2 is 0.604 bits per heavy atom. The standard InChI is InChI=1S/C51H57ClSi/c1-49(2,3)46-34-43(28-25-40(46)31-37-19-13-10-14-20-37)53(52,44-29-26-41(47(35-44)50(4,5)6)32-38-21-15-11-16-22-38)45-30-27-42(48(36-45)51(7,8)9)33-39-23-17-12-18-24-39/h10-30,34-36H,31-33H2,1-9H3. The molecular weight excluding hydrogens is 676 g/mol. The molecule has 2 heteroatoms. The van der Waals surface area contributed by atoms with Crippen LogP contribution in [0.15, 0.2) is 146 Å². The Hall–Kier alpha value is -4.17. The maximum absolute atomic E-state index is 8.56. The van der Waals surface area contributed by atoms with Gasteiger partial charge >= 0.3 is 0 Å². The Bertz CT molecular complexity index is 1900. The molecule has 0 aliphatic carbocycles. The highest BCUT2D eigenvalue weighted by Gasteiger charge is 2.41. The van der Waals surface area contributed by atoms with Gasteiger partial charge in [-0.3, -0.25) is 0 Å². The maximum atomic E-state index is 8.56. The van der Waals surface area contributed by atoms with Crippen molar-refractivity contribution in [2.24, 2.45) is 0 Å². The quantitative estimate of drug-likeness (QED) is 0.0789. The van der Waals surface area contributed by atoms with Gasteiger partial charge in [-0.25, -0.2) is 0 Å². The minimum atomic E-state index is -3.08. The van der Waals surface area contributed by atoms with Crippen molar-refractivity contribution in [2.75, 3.05) is 0 Å². The van der Waals surface area contributed by atoms with Crippen molar-refractivity contribution in [1.29, 1.82) is 0 Å². The summed E-state index contributed by atoms with van der Waals surface area (Å²) >= 11 is 8.56. The molecule has 0 unspecified atom stereocenters. The molecule has 0 N–H and O–H groups in total. The van der Waals surface area contributed by atoms with Crippen LogP contribution in [-0.4, -0.2) is 7.38 Å². The third-order valence-corrected chi connectivity index (χ3v) is 15.9. The average molecular weight is 734 g/mol. The minimum absolute atomic E-state index is 0.0570. The molecule has 0 fully saturated rings. The highest BCUT2D eigenvalue weighted by Crippen LogP contribution is 2.32. The van der Waals surface area contributed by atoms with Crippen LogP contribution in [0.5, 0.6) is 0 Å². The van der Waals surface area contributed by atoms with Gasteiger partial charge in [0.25, 0.3) is 0 Å². The molecule has 0 aliphatic heterocycles. The lowest BCUT2D eigenvalue weighted by Crippen LogP contribution is -2.63. The van der Waals surface area contributed by atoms with Crippen LogP contribution < -0.4 is 15.6 Å². The van der Waals surface area contributed by atoms with Gasteiger partial charge in [-0.1, -0.05) is 208 Å². The predicted octanol–water partition coefficient (Wildman–Crippen LogP) is 11.6. The van der Waals surface area contributed by atoms with Crippen LogP contribution in [-0.2, 0) is 35.5 Å². The van der Waals surface area contributed by atoms with Crippen LogP contribution in [0.3, 0.4) is 0 Å². The van der Waals surface area contributed by atoms with Crippen molar-refractivity contribution in [3.8, 4) is 0 Å². The molecule has 6 aromatic carbocycles. The van der Waals surface area contributed by atoms with Gasteiger partial charge in [0, 0.05) is 0 Å². The first-order valence-electron chi connectivity index (χ1n) is 19.3. The van der Waals surface area contributed by atoms with Crippen molar-refractivity contribution < 1.29 is 0 Å². The fourth-order valence-electron chi connectivity index (χ4n) is 7.88. The summed E-state index contributed by atoms with van der Waals surface area (Å²) < 4.78 is 0. The second-order valence-electron chi connectivity index (χ2n) is 18.0.